The Labute approximate surface area is 193 Å². The van der Waals surface area contributed by atoms with E-state index in [1.165, 1.54) is 0 Å². The maximum atomic E-state index is 13.3. The molecular formula is C28H27NO4. The van der Waals surface area contributed by atoms with Crippen LogP contribution < -0.4 is 10.7 Å². The number of benzene rings is 3. The molecule has 1 N–H and O–H groups in total. The monoisotopic (exact) mass is 441 g/mol. The van der Waals surface area contributed by atoms with Crippen molar-refractivity contribution in [2.75, 3.05) is 18.5 Å². The molecule has 0 amide bonds. The van der Waals surface area contributed by atoms with Crippen molar-refractivity contribution in [3.05, 3.63) is 99.2 Å². The van der Waals surface area contributed by atoms with E-state index in [1.54, 1.807) is 0 Å². The third-order valence-electron chi connectivity index (χ3n) is 6.10. The van der Waals surface area contributed by atoms with Gasteiger partial charge in [-0.05, 0) is 38.5 Å². The van der Waals surface area contributed by atoms with Gasteiger partial charge < -0.3 is 19.2 Å². The Bertz CT molecular complexity index is 1350. The van der Waals surface area contributed by atoms with Crippen LogP contribution >= 0.6 is 0 Å². The molecule has 0 saturated carbocycles. The highest BCUT2D eigenvalue weighted by Crippen LogP contribution is 2.35. The Morgan fingerprint density at radius 1 is 0.939 bits per heavy atom. The molecule has 1 aliphatic heterocycles. The third-order valence-corrected chi connectivity index (χ3v) is 6.10. The molecule has 4 aromatic rings. The van der Waals surface area contributed by atoms with Crippen molar-refractivity contribution in [1.29, 1.82) is 0 Å². The topological polar surface area (TPSA) is 60.7 Å². The molecule has 1 saturated heterocycles. The Morgan fingerprint density at radius 2 is 1.64 bits per heavy atom. The minimum Gasteiger partial charge on any atom is -0.455 e. The van der Waals surface area contributed by atoms with Crippen molar-refractivity contribution in [2.45, 2.75) is 33.1 Å². The lowest BCUT2D eigenvalue weighted by Crippen LogP contribution is -2.14. The van der Waals surface area contributed by atoms with Gasteiger partial charge in [-0.25, -0.2) is 0 Å². The lowest BCUT2D eigenvalue weighted by atomic mass is 9.98. The molecule has 1 unspecified atom stereocenters. The van der Waals surface area contributed by atoms with E-state index in [2.05, 4.69) is 18.3 Å². The number of fused-ring (bicyclic) bond motifs is 1. The number of hydrogen-bond acceptors (Lipinski definition) is 5. The first-order valence-corrected chi connectivity index (χ1v) is 11.2. The van der Waals surface area contributed by atoms with Gasteiger partial charge in [0, 0.05) is 27.9 Å². The van der Waals surface area contributed by atoms with Gasteiger partial charge in [-0.2, -0.15) is 0 Å². The lowest BCUT2D eigenvalue weighted by Gasteiger charge is -2.22. The van der Waals surface area contributed by atoms with Crippen LogP contribution in [-0.2, 0) is 9.47 Å². The van der Waals surface area contributed by atoms with Gasteiger partial charge in [0.05, 0.1) is 24.6 Å². The highest BCUT2D eigenvalue weighted by Gasteiger charge is 2.23. The molecule has 1 aliphatic rings. The second-order valence-corrected chi connectivity index (χ2v) is 8.51. The van der Waals surface area contributed by atoms with Gasteiger partial charge in [0.25, 0.3) is 0 Å². The van der Waals surface area contributed by atoms with Crippen LogP contribution in [0.15, 0.2) is 75.9 Å². The Morgan fingerprint density at radius 3 is 2.39 bits per heavy atom. The number of nitrogens with one attached hydrogen (secondary N) is 1. The van der Waals surface area contributed by atoms with Gasteiger partial charge in [0.1, 0.15) is 11.3 Å². The summed E-state index contributed by atoms with van der Waals surface area (Å²) in [5.41, 5.74) is 5.96. The fraction of sp³-hybridized carbons (Fsp3) is 0.250. The van der Waals surface area contributed by atoms with E-state index in [9.17, 15) is 4.79 Å². The average Bonchev–Trinajstić information content (AvgIpc) is 3.37. The van der Waals surface area contributed by atoms with Gasteiger partial charge in [0.2, 0.25) is 0 Å². The van der Waals surface area contributed by atoms with Crippen LogP contribution in [0.25, 0.3) is 22.3 Å². The molecule has 5 nitrogen and oxygen atoms in total. The molecule has 5 rings (SSSR count). The van der Waals surface area contributed by atoms with Gasteiger partial charge in [-0.3, -0.25) is 4.79 Å². The Balaban J connectivity index is 1.61. The number of hydrogen-bond donors (Lipinski definition) is 1. The highest BCUT2D eigenvalue weighted by atomic mass is 16.7. The summed E-state index contributed by atoms with van der Waals surface area (Å²) in [6.07, 6.45) is -0.375. The maximum absolute atomic E-state index is 13.3. The summed E-state index contributed by atoms with van der Waals surface area (Å²) in [5, 5.41) is 4.20. The fourth-order valence-corrected chi connectivity index (χ4v) is 4.44. The molecule has 2 heterocycles. The summed E-state index contributed by atoms with van der Waals surface area (Å²) in [6.45, 7) is 7.08. The van der Waals surface area contributed by atoms with Gasteiger partial charge in [-0.1, -0.05) is 54.6 Å². The third kappa shape index (κ3) is 4.06. The minimum absolute atomic E-state index is 0.000379. The molecule has 5 heteroatoms. The van der Waals surface area contributed by atoms with E-state index < -0.39 is 0 Å². The smallest absolute Gasteiger partial charge is 0.196 e. The molecule has 168 valence electrons. The summed E-state index contributed by atoms with van der Waals surface area (Å²) < 4.78 is 17.9. The second-order valence-electron chi connectivity index (χ2n) is 8.51. The van der Waals surface area contributed by atoms with Crippen molar-refractivity contribution in [1.82, 2.24) is 0 Å². The Hall–Kier alpha value is -3.41. The largest absolute Gasteiger partial charge is 0.455 e. The lowest BCUT2D eigenvalue weighted by molar-refractivity contribution is -0.0436. The van der Waals surface area contributed by atoms with Crippen LogP contribution in [0.4, 0.5) is 5.69 Å². The summed E-state index contributed by atoms with van der Waals surface area (Å²) in [5.74, 6) is 0.610. The number of aryl methyl sites for hydroxylation is 1. The summed E-state index contributed by atoms with van der Waals surface area (Å²) in [7, 11) is 0. The van der Waals surface area contributed by atoms with E-state index in [-0.39, 0.29) is 17.8 Å². The maximum Gasteiger partial charge on any atom is 0.196 e. The van der Waals surface area contributed by atoms with Crippen LogP contribution in [0.5, 0.6) is 0 Å². The summed E-state index contributed by atoms with van der Waals surface area (Å²) >= 11 is 0. The predicted octanol–water partition coefficient (Wildman–Crippen LogP) is 6.30. The van der Waals surface area contributed by atoms with E-state index in [1.807, 2.05) is 74.5 Å². The van der Waals surface area contributed by atoms with E-state index in [4.69, 9.17) is 13.9 Å². The molecule has 1 fully saturated rings. The second kappa shape index (κ2) is 8.85. The SMILES string of the molecule is Cc1cc(C(C)Nc2ccccc2C2OCCO2)c2oc(-c3ccccc3)c(C)c(=O)c2c1. The van der Waals surface area contributed by atoms with Crippen molar-refractivity contribution >= 4 is 16.7 Å². The first-order chi connectivity index (χ1) is 16.0. The van der Waals surface area contributed by atoms with Crippen LogP contribution in [0, 0.1) is 13.8 Å². The summed E-state index contributed by atoms with van der Waals surface area (Å²) in [4.78, 5) is 13.3. The standard InChI is InChI=1S/C28H27NO4/c1-17-15-22(19(3)29-24-12-8-7-11-21(24)28-31-13-14-32-28)27-23(16-17)25(30)18(2)26(33-27)20-9-5-4-6-10-20/h4-12,15-16,19,28-29H,13-14H2,1-3H3. The van der Waals surface area contributed by atoms with Crippen LogP contribution in [0.3, 0.4) is 0 Å². The molecule has 0 radical (unpaired) electrons. The number of para-hydroxylation sites is 1. The van der Waals surface area contributed by atoms with Crippen molar-refractivity contribution < 1.29 is 13.9 Å². The van der Waals surface area contributed by atoms with Crippen molar-refractivity contribution in [2.24, 2.45) is 0 Å². The average molecular weight is 442 g/mol. The van der Waals surface area contributed by atoms with E-state index in [0.29, 0.717) is 35.5 Å². The number of rotatable bonds is 5. The quantitative estimate of drug-likeness (QED) is 0.394. The van der Waals surface area contributed by atoms with Gasteiger partial charge in [-0.15, -0.1) is 0 Å². The predicted molar refractivity (Wildman–Crippen MR) is 131 cm³/mol. The number of ether oxygens (including phenoxy) is 2. The molecule has 0 bridgehead atoms. The molecular weight excluding hydrogens is 414 g/mol. The molecule has 1 aromatic heterocycles. The molecule has 33 heavy (non-hydrogen) atoms. The summed E-state index contributed by atoms with van der Waals surface area (Å²) in [6, 6.07) is 21.6. The molecule has 3 aromatic carbocycles. The van der Waals surface area contributed by atoms with E-state index >= 15 is 0 Å². The zero-order valence-corrected chi connectivity index (χ0v) is 19.1. The molecule has 0 spiro atoms. The van der Waals surface area contributed by atoms with E-state index in [0.717, 1.165) is 27.9 Å². The van der Waals surface area contributed by atoms with Gasteiger partial charge in [0.15, 0.2) is 11.7 Å². The van der Waals surface area contributed by atoms with Gasteiger partial charge >= 0.3 is 0 Å². The highest BCUT2D eigenvalue weighted by molar-refractivity contribution is 5.84. The van der Waals surface area contributed by atoms with Crippen molar-refractivity contribution in [3.63, 3.8) is 0 Å². The van der Waals surface area contributed by atoms with Crippen LogP contribution in [0.2, 0.25) is 0 Å². The normalized spacial score (nSPS) is 15.1. The zero-order chi connectivity index (χ0) is 22.9. The number of anilines is 1. The van der Waals surface area contributed by atoms with Crippen LogP contribution in [-0.4, -0.2) is 13.2 Å². The first-order valence-electron chi connectivity index (χ1n) is 11.2. The van der Waals surface area contributed by atoms with Crippen molar-refractivity contribution in [3.8, 4) is 11.3 Å². The molecule has 1 atom stereocenters. The van der Waals surface area contributed by atoms with Crippen LogP contribution in [0.1, 0.15) is 41.5 Å². The first kappa shape index (κ1) is 21.4. The zero-order valence-electron chi connectivity index (χ0n) is 19.1. The minimum atomic E-state index is -0.375. The molecule has 0 aliphatic carbocycles. The fourth-order valence-electron chi connectivity index (χ4n) is 4.44. The Kier molecular flexibility index (Phi) is 5.75.